The molecule has 6 heteroatoms. The number of halogens is 1. The van der Waals surface area contributed by atoms with Crippen molar-refractivity contribution in [3.8, 4) is 0 Å². The van der Waals surface area contributed by atoms with Crippen molar-refractivity contribution in [1.82, 2.24) is 4.31 Å². The van der Waals surface area contributed by atoms with Gasteiger partial charge in [0.25, 0.3) is 0 Å². The third-order valence-corrected chi connectivity index (χ3v) is 5.74. The molecule has 1 aromatic carbocycles. The summed E-state index contributed by atoms with van der Waals surface area (Å²) >= 11 is 3.29. The van der Waals surface area contributed by atoms with Crippen molar-refractivity contribution < 1.29 is 8.42 Å². The zero-order valence-corrected chi connectivity index (χ0v) is 12.6. The van der Waals surface area contributed by atoms with Gasteiger partial charge in [-0.3, -0.25) is 0 Å². The Morgan fingerprint density at radius 1 is 1.44 bits per heavy atom. The van der Waals surface area contributed by atoms with Gasteiger partial charge in [0.2, 0.25) is 10.0 Å². The van der Waals surface area contributed by atoms with Gasteiger partial charge in [-0.1, -0.05) is 28.9 Å². The van der Waals surface area contributed by atoms with Crippen molar-refractivity contribution in [3.05, 3.63) is 28.7 Å². The summed E-state index contributed by atoms with van der Waals surface area (Å²) < 4.78 is 27.2. The predicted molar refractivity (Wildman–Crippen MR) is 74.4 cm³/mol. The summed E-state index contributed by atoms with van der Waals surface area (Å²) in [6.07, 6.45) is 1.41. The monoisotopic (exact) mass is 332 g/mol. The van der Waals surface area contributed by atoms with E-state index < -0.39 is 16.2 Å². The summed E-state index contributed by atoms with van der Waals surface area (Å²) in [5.41, 5.74) is 6.02. The van der Waals surface area contributed by atoms with Crippen molar-refractivity contribution in [1.29, 1.82) is 0 Å². The van der Waals surface area contributed by atoms with E-state index in [9.17, 15) is 8.42 Å². The Morgan fingerprint density at radius 3 is 2.83 bits per heavy atom. The number of benzene rings is 1. The van der Waals surface area contributed by atoms with E-state index in [1.807, 2.05) is 6.92 Å². The van der Waals surface area contributed by atoms with Crippen molar-refractivity contribution >= 4 is 26.0 Å². The zero-order valence-electron chi connectivity index (χ0n) is 10.2. The SMILES string of the molecule is CC1CCCN(S(=O)(=O)c2cccc(Br)c2)C1N. The molecule has 18 heavy (non-hydrogen) atoms. The van der Waals surface area contributed by atoms with Gasteiger partial charge < -0.3 is 5.73 Å². The van der Waals surface area contributed by atoms with Crippen molar-refractivity contribution in [2.75, 3.05) is 6.54 Å². The standard InChI is InChI=1S/C12H17BrN2O2S/c1-9-4-3-7-15(12(9)14)18(16,17)11-6-2-5-10(13)8-11/h2,5-6,8-9,12H,3-4,7,14H2,1H3. The van der Waals surface area contributed by atoms with Gasteiger partial charge in [0.05, 0.1) is 11.1 Å². The van der Waals surface area contributed by atoms with Gasteiger partial charge in [-0.05, 0) is 37.0 Å². The van der Waals surface area contributed by atoms with Crippen LogP contribution >= 0.6 is 15.9 Å². The second-order valence-electron chi connectivity index (χ2n) is 4.68. The fraction of sp³-hybridized carbons (Fsp3) is 0.500. The third-order valence-electron chi connectivity index (χ3n) is 3.36. The van der Waals surface area contributed by atoms with Crippen LogP contribution in [0.1, 0.15) is 19.8 Å². The van der Waals surface area contributed by atoms with Gasteiger partial charge in [-0.2, -0.15) is 4.31 Å². The van der Waals surface area contributed by atoms with Crippen LogP contribution in [0.15, 0.2) is 33.6 Å². The summed E-state index contributed by atoms with van der Waals surface area (Å²) in [7, 11) is -3.49. The van der Waals surface area contributed by atoms with E-state index in [0.717, 1.165) is 17.3 Å². The fourth-order valence-corrected chi connectivity index (χ4v) is 4.46. The maximum absolute atomic E-state index is 12.5. The first kappa shape index (κ1) is 14.0. The van der Waals surface area contributed by atoms with Gasteiger partial charge in [-0.15, -0.1) is 0 Å². The summed E-state index contributed by atoms with van der Waals surface area (Å²) in [5, 5.41) is 0. The molecule has 0 spiro atoms. The molecular weight excluding hydrogens is 316 g/mol. The van der Waals surface area contributed by atoms with Crippen LogP contribution in [-0.2, 0) is 10.0 Å². The molecule has 0 bridgehead atoms. The number of rotatable bonds is 2. The Hall–Kier alpha value is -0.430. The second kappa shape index (κ2) is 5.28. The Bertz CT molecular complexity index is 533. The number of hydrogen-bond donors (Lipinski definition) is 1. The molecule has 100 valence electrons. The molecule has 0 aliphatic carbocycles. The van der Waals surface area contributed by atoms with Crippen LogP contribution in [0, 0.1) is 5.92 Å². The molecule has 1 saturated heterocycles. The number of nitrogens with two attached hydrogens (primary N) is 1. The molecule has 1 aliphatic heterocycles. The molecule has 1 fully saturated rings. The highest BCUT2D eigenvalue weighted by molar-refractivity contribution is 9.10. The lowest BCUT2D eigenvalue weighted by molar-refractivity contribution is 0.192. The Kier molecular flexibility index (Phi) is 4.11. The summed E-state index contributed by atoms with van der Waals surface area (Å²) in [6.45, 7) is 2.49. The van der Waals surface area contributed by atoms with E-state index in [-0.39, 0.29) is 5.92 Å². The lowest BCUT2D eigenvalue weighted by Crippen LogP contribution is -2.52. The number of nitrogens with zero attached hydrogens (tertiary/aromatic N) is 1. The molecule has 0 amide bonds. The van der Waals surface area contributed by atoms with E-state index >= 15 is 0 Å². The first-order valence-corrected chi connectivity index (χ1v) is 8.19. The average Bonchev–Trinajstić information content (AvgIpc) is 2.32. The quantitative estimate of drug-likeness (QED) is 0.902. The molecule has 2 rings (SSSR count). The van der Waals surface area contributed by atoms with E-state index in [1.54, 1.807) is 24.3 Å². The highest BCUT2D eigenvalue weighted by atomic mass is 79.9. The normalized spacial score (nSPS) is 26.2. The first-order chi connectivity index (χ1) is 8.43. The van der Waals surface area contributed by atoms with Crippen molar-refractivity contribution in [2.24, 2.45) is 11.7 Å². The van der Waals surface area contributed by atoms with Crippen LogP contribution in [0.25, 0.3) is 0 Å². The summed E-state index contributed by atoms with van der Waals surface area (Å²) in [5.74, 6) is 0.195. The minimum absolute atomic E-state index is 0.195. The van der Waals surface area contributed by atoms with E-state index in [1.165, 1.54) is 4.31 Å². The van der Waals surface area contributed by atoms with Crippen LogP contribution in [0.5, 0.6) is 0 Å². The lowest BCUT2D eigenvalue weighted by atomic mass is 9.99. The molecular formula is C12H17BrN2O2S. The van der Waals surface area contributed by atoms with Crippen LogP contribution in [0.2, 0.25) is 0 Å². The molecule has 0 saturated carbocycles. The first-order valence-electron chi connectivity index (χ1n) is 5.96. The minimum Gasteiger partial charge on any atom is -0.315 e. The summed E-state index contributed by atoms with van der Waals surface area (Å²) in [6, 6.07) is 6.74. The Labute approximate surface area is 116 Å². The predicted octanol–water partition coefficient (Wildman–Crippen LogP) is 2.15. The molecule has 2 unspecified atom stereocenters. The van der Waals surface area contributed by atoms with Gasteiger partial charge in [0.1, 0.15) is 0 Å². The molecule has 1 aromatic rings. The number of piperidine rings is 1. The topological polar surface area (TPSA) is 63.4 Å². The zero-order chi connectivity index (χ0) is 13.3. The average molecular weight is 333 g/mol. The maximum atomic E-state index is 12.5. The van der Waals surface area contributed by atoms with Crippen LogP contribution in [-0.4, -0.2) is 25.4 Å². The minimum atomic E-state index is -3.49. The van der Waals surface area contributed by atoms with Gasteiger partial charge in [-0.25, -0.2) is 8.42 Å². The largest absolute Gasteiger partial charge is 0.315 e. The van der Waals surface area contributed by atoms with E-state index in [0.29, 0.717) is 11.4 Å². The molecule has 1 heterocycles. The van der Waals surface area contributed by atoms with Crippen LogP contribution in [0.3, 0.4) is 0 Å². The molecule has 1 aliphatic rings. The molecule has 4 nitrogen and oxygen atoms in total. The highest BCUT2D eigenvalue weighted by Crippen LogP contribution is 2.27. The molecule has 2 atom stereocenters. The van der Waals surface area contributed by atoms with Crippen LogP contribution in [0.4, 0.5) is 0 Å². The van der Waals surface area contributed by atoms with Crippen LogP contribution < -0.4 is 5.73 Å². The Morgan fingerprint density at radius 2 is 2.17 bits per heavy atom. The molecule has 0 radical (unpaired) electrons. The van der Waals surface area contributed by atoms with E-state index in [4.69, 9.17) is 5.73 Å². The molecule has 2 N–H and O–H groups in total. The van der Waals surface area contributed by atoms with Gasteiger partial charge >= 0.3 is 0 Å². The second-order valence-corrected chi connectivity index (χ2v) is 7.49. The van der Waals surface area contributed by atoms with Gasteiger partial charge in [0.15, 0.2) is 0 Å². The fourth-order valence-electron chi connectivity index (χ4n) is 2.22. The molecule has 0 aromatic heterocycles. The number of sulfonamides is 1. The van der Waals surface area contributed by atoms with Crippen molar-refractivity contribution in [3.63, 3.8) is 0 Å². The maximum Gasteiger partial charge on any atom is 0.244 e. The third kappa shape index (κ3) is 2.61. The summed E-state index contributed by atoms with van der Waals surface area (Å²) in [4.78, 5) is 0.293. The highest BCUT2D eigenvalue weighted by Gasteiger charge is 2.34. The Balaban J connectivity index is 2.36. The number of hydrogen-bond acceptors (Lipinski definition) is 3. The lowest BCUT2D eigenvalue weighted by Gasteiger charge is -2.36. The smallest absolute Gasteiger partial charge is 0.244 e. The van der Waals surface area contributed by atoms with Gasteiger partial charge in [0, 0.05) is 11.0 Å². The van der Waals surface area contributed by atoms with Crippen molar-refractivity contribution in [2.45, 2.75) is 30.8 Å². The van der Waals surface area contributed by atoms with E-state index in [2.05, 4.69) is 15.9 Å².